The first-order valence-electron chi connectivity index (χ1n) is 5.70. The third-order valence-electron chi connectivity index (χ3n) is 2.69. The number of hydrogen-bond acceptors (Lipinski definition) is 5. The van der Waals surface area contributed by atoms with Crippen molar-refractivity contribution < 1.29 is 4.79 Å². The quantitative estimate of drug-likeness (QED) is 0.788. The fourth-order valence-corrected chi connectivity index (χ4v) is 2.78. The van der Waals surface area contributed by atoms with Crippen molar-refractivity contribution in [2.24, 2.45) is 0 Å². The minimum Gasteiger partial charge on any atom is -0.333 e. The minimum absolute atomic E-state index is 0.173. The van der Waals surface area contributed by atoms with Crippen LogP contribution in [0.15, 0.2) is 30.5 Å². The van der Waals surface area contributed by atoms with E-state index in [9.17, 15) is 4.79 Å². The van der Waals surface area contributed by atoms with Crippen LogP contribution in [0.1, 0.15) is 15.5 Å². The molecule has 1 aromatic carbocycles. The number of thiazole rings is 1. The molecule has 2 aromatic heterocycles. The van der Waals surface area contributed by atoms with E-state index in [4.69, 9.17) is 0 Å². The molecule has 3 aromatic rings. The molecular formula is C12H11N5OS. The Balaban J connectivity index is 1.79. The predicted molar refractivity (Wildman–Crippen MR) is 71.8 cm³/mol. The van der Waals surface area contributed by atoms with E-state index < -0.39 is 0 Å². The Kier molecular flexibility index (Phi) is 2.96. The van der Waals surface area contributed by atoms with Crippen LogP contribution in [0.2, 0.25) is 0 Å². The van der Waals surface area contributed by atoms with Crippen LogP contribution in [-0.4, -0.2) is 38.2 Å². The Hall–Kier alpha value is -2.28. The normalized spacial score (nSPS) is 10.8. The van der Waals surface area contributed by atoms with Gasteiger partial charge in [0.2, 0.25) is 0 Å². The van der Waals surface area contributed by atoms with Gasteiger partial charge in [-0.15, -0.1) is 11.3 Å². The Bertz CT molecular complexity index is 673. The second-order valence-electron chi connectivity index (χ2n) is 4.09. The van der Waals surface area contributed by atoms with Crippen LogP contribution in [0.4, 0.5) is 0 Å². The van der Waals surface area contributed by atoms with Crippen molar-refractivity contribution in [3.8, 4) is 0 Å². The average molecular weight is 273 g/mol. The van der Waals surface area contributed by atoms with Crippen molar-refractivity contribution >= 4 is 27.5 Å². The number of hydrogen-bond donors (Lipinski definition) is 1. The maximum atomic E-state index is 12.0. The second kappa shape index (κ2) is 4.77. The lowest BCUT2D eigenvalue weighted by molar-refractivity contribution is 0.0779. The summed E-state index contributed by atoms with van der Waals surface area (Å²) >= 11 is 1.59. The van der Waals surface area contributed by atoms with E-state index in [1.165, 1.54) is 6.20 Å². The number of benzene rings is 1. The molecule has 0 aliphatic rings. The largest absolute Gasteiger partial charge is 0.333 e. The Morgan fingerprint density at radius 2 is 2.26 bits per heavy atom. The monoisotopic (exact) mass is 273 g/mol. The highest BCUT2D eigenvalue weighted by Gasteiger charge is 2.16. The molecule has 0 fully saturated rings. The zero-order valence-electron chi connectivity index (χ0n) is 10.2. The first-order chi connectivity index (χ1) is 9.24. The molecule has 7 heteroatoms. The summed E-state index contributed by atoms with van der Waals surface area (Å²) in [7, 11) is 1.73. The molecule has 0 bridgehead atoms. The number of nitrogens with zero attached hydrogens (tertiary/aromatic N) is 4. The van der Waals surface area contributed by atoms with Gasteiger partial charge in [0.25, 0.3) is 5.91 Å². The van der Waals surface area contributed by atoms with Gasteiger partial charge in [-0.1, -0.05) is 12.1 Å². The first kappa shape index (κ1) is 11.8. The number of nitrogens with one attached hydrogen (secondary N) is 1. The number of amides is 1. The molecule has 1 amide bonds. The lowest BCUT2D eigenvalue weighted by Gasteiger charge is -2.13. The molecule has 0 aliphatic heterocycles. The first-order valence-corrected chi connectivity index (χ1v) is 6.51. The predicted octanol–water partition coefficient (Wildman–Crippen LogP) is 1.69. The molecule has 96 valence electrons. The molecule has 0 radical (unpaired) electrons. The van der Waals surface area contributed by atoms with E-state index in [0.717, 1.165) is 15.2 Å². The topological polar surface area (TPSA) is 74.8 Å². The van der Waals surface area contributed by atoms with Crippen molar-refractivity contribution in [2.75, 3.05) is 7.05 Å². The van der Waals surface area contributed by atoms with Gasteiger partial charge in [0.15, 0.2) is 5.69 Å². The summed E-state index contributed by atoms with van der Waals surface area (Å²) in [6.45, 7) is 0.463. The number of carbonyl (C=O) groups is 1. The van der Waals surface area contributed by atoms with E-state index in [1.807, 2.05) is 24.3 Å². The Morgan fingerprint density at radius 3 is 3.00 bits per heavy atom. The Morgan fingerprint density at radius 1 is 1.42 bits per heavy atom. The maximum absolute atomic E-state index is 12.0. The molecular weight excluding hydrogens is 262 g/mol. The van der Waals surface area contributed by atoms with Gasteiger partial charge in [-0.05, 0) is 12.1 Å². The summed E-state index contributed by atoms with van der Waals surface area (Å²) in [5.74, 6) is -0.173. The lowest BCUT2D eigenvalue weighted by atomic mass is 10.3. The summed E-state index contributed by atoms with van der Waals surface area (Å²) in [5.41, 5.74) is 1.27. The smallest absolute Gasteiger partial charge is 0.276 e. The van der Waals surface area contributed by atoms with Crippen LogP contribution < -0.4 is 0 Å². The van der Waals surface area contributed by atoms with E-state index in [-0.39, 0.29) is 5.91 Å². The van der Waals surface area contributed by atoms with Gasteiger partial charge in [-0.3, -0.25) is 4.79 Å². The molecule has 0 aliphatic carbocycles. The number of carbonyl (C=O) groups excluding carboxylic acids is 1. The molecule has 2 heterocycles. The summed E-state index contributed by atoms with van der Waals surface area (Å²) in [6, 6.07) is 7.93. The van der Waals surface area contributed by atoms with Crippen LogP contribution in [0, 0.1) is 0 Å². The lowest BCUT2D eigenvalue weighted by Crippen LogP contribution is -2.26. The summed E-state index contributed by atoms with van der Waals surface area (Å²) < 4.78 is 1.12. The van der Waals surface area contributed by atoms with Crippen LogP contribution >= 0.6 is 11.3 Å². The van der Waals surface area contributed by atoms with Gasteiger partial charge >= 0.3 is 0 Å². The van der Waals surface area contributed by atoms with Crippen LogP contribution in [0.5, 0.6) is 0 Å². The summed E-state index contributed by atoms with van der Waals surface area (Å²) in [5, 5.41) is 10.7. The van der Waals surface area contributed by atoms with Gasteiger partial charge in [0.1, 0.15) is 5.01 Å². The van der Waals surface area contributed by atoms with E-state index in [0.29, 0.717) is 12.2 Å². The third-order valence-corrected chi connectivity index (χ3v) is 3.71. The van der Waals surface area contributed by atoms with Crippen molar-refractivity contribution in [1.29, 1.82) is 0 Å². The average Bonchev–Trinajstić information content (AvgIpc) is 3.06. The number of para-hydroxylation sites is 1. The third kappa shape index (κ3) is 2.32. The molecule has 0 spiro atoms. The van der Waals surface area contributed by atoms with Crippen molar-refractivity contribution in [3.63, 3.8) is 0 Å². The SMILES string of the molecule is CN(Cc1nc2ccccc2s1)C(=O)c1cn[nH]n1. The number of rotatable bonds is 3. The zero-order chi connectivity index (χ0) is 13.2. The maximum Gasteiger partial charge on any atom is 0.276 e. The van der Waals surface area contributed by atoms with Crippen LogP contribution in [0.25, 0.3) is 10.2 Å². The molecule has 1 N–H and O–H groups in total. The highest BCUT2D eigenvalue weighted by atomic mass is 32.1. The highest BCUT2D eigenvalue weighted by molar-refractivity contribution is 7.18. The summed E-state index contributed by atoms with van der Waals surface area (Å²) in [4.78, 5) is 18.1. The molecule has 6 nitrogen and oxygen atoms in total. The number of aromatic nitrogens is 4. The second-order valence-corrected chi connectivity index (χ2v) is 5.21. The number of H-pyrrole nitrogens is 1. The highest BCUT2D eigenvalue weighted by Crippen LogP contribution is 2.22. The van der Waals surface area contributed by atoms with Crippen molar-refractivity contribution in [2.45, 2.75) is 6.54 Å². The minimum atomic E-state index is -0.173. The van der Waals surface area contributed by atoms with E-state index >= 15 is 0 Å². The Labute approximate surface area is 113 Å². The van der Waals surface area contributed by atoms with Gasteiger partial charge in [0.05, 0.1) is 23.0 Å². The molecule has 0 saturated heterocycles. The molecule has 3 rings (SSSR count). The number of aromatic amines is 1. The van der Waals surface area contributed by atoms with E-state index in [2.05, 4.69) is 20.4 Å². The zero-order valence-corrected chi connectivity index (χ0v) is 11.0. The molecule has 0 unspecified atom stereocenters. The molecule has 19 heavy (non-hydrogen) atoms. The fourth-order valence-electron chi connectivity index (χ4n) is 1.76. The van der Waals surface area contributed by atoms with Crippen LogP contribution in [-0.2, 0) is 6.54 Å². The van der Waals surface area contributed by atoms with Gasteiger partial charge in [-0.2, -0.15) is 15.4 Å². The van der Waals surface area contributed by atoms with Crippen molar-refractivity contribution in [3.05, 3.63) is 41.2 Å². The fraction of sp³-hybridized carbons (Fsp3) is 0.167. The standard InChI is InChI=1S/C12H11N5OS/c1-17(12(18)9-6-13-16-15-9)7-11-14-8-4-2-3-5-10(8)19-11/h2-6H,7H2,1H3,(H,13,15,16). The van der Waals surface area contributed by atoms with Gasteiger partial charge in [-0.25, -0.2) is 4.98 Å². The number of fused-ring (bicyclic) bond motifs is 1. The molecule has 0 atom stereocenters. The van der Waals surface area contributed by atoms with Crippen molar-refractivity contribution in [1.82, 2.24) is 25.3 Å². The van der Waals surface area contributed by atoms with Gasteiger partial charge in [0, 0.05) is 7.05 Å². The van der Waals surface area contributed by atoms with Gasteiger partial charge < -0.3 is 4.90 Å². The summed E-state index contributed by atoms with van der Waals surface area (Å²) in [6.07, 6.45) is 1.41. The van der Waals surface area contributed by atoms with Crippen LogP contribution in [0.3, 0.4) is 0 Å². The van der Waals surface area contributed by atoms with E-state index in [1.54, 1.807) is 23.3 Å². The molecule has 0 saturated carbocycles.